The molecule has 134 valence electrons. The maximum Gasteiger partial charge on any atom is 0.311 e. The minimum absolute atomic E-state index is 0.00235. The van der Waals surface area contributed by atoms with Gasteiger partial charge in [0.25, 0.3) is 15.9 Å². The first-order valence-electron chi connectivity index (χ1n) is 7.73. The molecule has 0 aliphatic heterocycles. The first-order valence-corrected chi connectivity index (χ1v) is 9.17. The fourth-order valence-corrected chi connectivity index (χ4v) is 3.59. The summed E-state index contributed by atoms with van der Waals surface area (Å²) in [5.41, 5.74) is -0.959. The third-order valence-electron chi connectivity index (χ3n) is 4.39. The smallest absolute Gasteiger partial charge is 0.311 e. The minimum Gasteiger partial charge on any atom is -0.481 e. The van der Waals surface area contributed by atoms with Crippen molar-refractivity contribution in [2.45, 2.75) is 37.2 Å². The van der Waals surface area contributed by atoms with Crippen LogP contribution in [0.5, 0.6) is 0 Å². The molecule has 1 aromatic heterocycles. The van der Waals surface area contributed by atoms with Crippen LogP contribution in [0.15, 0.2) is 21.6 Å². The summed E-state index contributed by atoms with van der Waals surface area (Å²) >= 11 is 0. The van der Waals surface area contributed by atoms with Gasteiger partial charge in [0.05, 0.1) is 5.41 Å². The van der Waals surface area contributed by atoms with Gasteiger partial charge in [-0.1, -0.05) is 19.3 Å². The fourth-order valence-electron chi connectivity index (χ4n) is 2.79. The number of rotatable bonds is 6. The number of carboxylic acids is 1. The number of hydrogen-bond acceptors (Lipinski definition) is 5. The number of sulfonamides is 1. The van der Waals surface area contributed by atoms with Crippen LogP contribution in [-0.2, 0) is 14.8 Å². The summed E-state index contributed by atoms with van der Waals surface area (Å²) in [6.07, 6.45) is 3.65. The van der Waals surface area contributed by atoms with E-state index in [1.165, 1.54) is 26.2 Å². The zero-order chi connectivity index (χ0) is 18.0. The predicted octanol–water partition coefficient (Wildman–Crippen LogP) is 1.29. The monoisotopic (exact) mass is 358 g/mol. The second-order valence-corrected chi connectivity index (χ2v) is 8.32. The molecular formula is C15H22N2O6S. The van der Waals surface area contributed by atoms with Crippen LogP contribution < -0.4 is 5.32 Å². The van der Waals surface area contributed by atoms with E-state index < -0.39 is 27.3 Å². The van der Waals surface area contributed by atoms with Gasteiger partial charge in [0, 0.05) is 20.6 Å². The maximum atomic E-state index is 12.2. The number of carbonyl (C=O) groups excluding carboxylic acids is 1. The SMILES string of the molecule is CN(C)S(=O)(=O)c1ccc(C(=O)NCC2(C(=O)O)CCCCC2)o1. The minimum atomic E-state index is -3.76. The third kappa shape index (κ3) is 3.62. The maximum absolute atomic E-state index is 12.2. The number of aliphatic carboxylic acids is 1. The number of nitrogens with one attached hydrogen (secondary N) is 1. The Hall–Kier alpha value is -1.87. The van der Waals surface area contributed by atoms with Crippen LogP contribution in [0.4, 0.5) is 0 Å². The van der Waals surface area contributed by atoms with E-state index >= 15 is 0 Å². The summed E-state index contributed by atoms with van der Waals surface area (Å²) in [6, 6.07) is 2.47. The summed E-state index contributed by atoms with van der Waals surface area (Å²) in [7, 11) is -1.04. The highest BCUT2D eigenvalue weighted by atomic mass is 32.2. The second-order valence-electron chi connectivity index (χ2n) is 6.23. The molecular weight excluding hydrogens is 336 g/mol. The van der Waals surface area contributed by atoms with Crippen molar-refractivity contribution in [2.24, 2.45) is 5.41 Å². The Balaban J connectivity index is 2.08. The molecule has 1 aliphatic rings. The van der Waals surface area contributed by atoms with Gasteiger partial charge < -0.3 is 14.8 Å². The van der Waals surface area contributed by atoms with Crippen LogP contribution >= 0.6 is 0 Å². The summed E-state index contributed by atoms with van der Waals surface area (Å²) in [5, 5.41) is 11.7. The molecule has 24 heavy (non-hydrogen) atoms. The summed E-state index contributed by atoms with van der Waals surface area (Å²) < 4.78 is 30.0. The molecule has 8 nitrogen and oxygen atoms in total. The molecule has 0 radical (unpaired) electrons. The van der Waals surface area contributed by atoms with E-state index in [1.54, 1.807) is 0 Å². The van der Waals surface area contributed by atoms with Crippen molar-refractivity contribution in [3.8, 4) is 0 Å². The Bertz CT molecular complexity index is 716. The van der Waals surface area contributed by atoms with Gasteiger partial charge in [-0.2, -0.15) is 0 Å². The number of carboxylic acid groups (broad SMARTS) is 1. The summed E-state index contributed by atoms with van der Waals surface area (Å²) in [4.78, 5) is 23.7. The zero-order valence-electron chi connectivity index (χ0n) is 13.7. The van der Waals surface area contributed by atoms with Gasteiger partial charge in [-0.3, -0.25) is 9.59 Å². The van der Waals surface area contributed by atoms with Crippen LogP contribution in [0.25, 0.3) is 0 Å². The van der Waals surface area contributed by atoms with Crippen LogP contribution in [0.2, 0.25) is 0 Å². The van der Waals surface area contributed by atoms with Crippen molar-refractivity contribution in [2.75, 3.05) is 20.6 Å². The topological polar surface area (TPSA) is 117 Å². The molecule has 1 aliphatic carbocycles. The summed E-state index contributed by atoms with van der Waals surface area (Å²) in [5.74, 6) is -1.70. The van der Waals surface area contributed by atoms with E-state index in [4.69, 9.17) is 4.42 Å². The Kier molecular flexibility index (Phi) is 5.34. The van der Waals surface area contributed by atoms with Crippen LogP contribution in [0.3, 0.4) is 0 Å². The lowest BCUT2D eigenvalue weighted by Gasteiger charge is -2.33. The van der Waals surface area contributed by atoms with Crippen molar-refractivity contribution in [1.29, 1.82) is 0 Å². The molecule has 1 saturated carbocycles. The summed E-state index contributed by atoms with van der Waals surface area (Å²) in [6.45, 7) is -0.00235. The lowest BCUT2D eigenvalue weighted by atomic mass is 9.74. The average molecular weight is 358 g/mol. The average Bonchev–Trinajstić information content (AvgIpc) is 3.04. The highest BCUT2D eigenvalue weighted by molar-refractivity contribution is 7.88. The van der Waals surface area contributed by atoms with Crippen molar-refractivity contribution in [3.05, 3.63) is 17.9 Å². The second kappa shape index (κ2) is 6.94. The Labute approximate surface area is 140 Å². The molecule has 0 spiro atoms. The largest absolute Gasteiger partial charge is 0.481 e. The van der Waals surface area contributed by atoms with Crippen LogP contribution in [-0.4, -0.2) is 50.3 Å². The molecule has 1 fully saturated rings. The van der Waals surface area contributed by atoms with E-state index in [1.807, 2.05) is 0 Å². The van der Waals surface area contributed by atoms with Crippen molar-refractivity contribution >= 4 is 21.9 Å². The number of amides is 1. The normalized spacial score (nSPS) is 17.6. The number of hydrogen-bond donors (Lipinski definition) is 2. The predicted molar refractivity (Wildman–Crippen MR) is 85.1 cm³/mol. The van der Waals surface area contributed by atoms with E-state index in [-0.39, 0.29) is 17.4 Å². The lowest BCUT2D eigenvalue weighted by molar-refractivity contribution is -0.150. The Morgan fingerprint density at radius 2 is 1.88 bits per heavy atom. The zero-order valence-corrected chi connectivity index (χ0v) is 14.6. The molecule has 1 aromatic rings. The van der Waals surface area contributed by atoms with E-state index in [9.17, 15) is 23.1 Å². The molecule has 2 N–H and O–H groups in total. The molecule has 0 unspecified atom stereocenters. The Morgan fingerprint density at radius 1 is 1.25 bits per heavy atom. The standard InChI is InChI=1S/C15H22N2O6S/c1-17(2)24(21,22)12-7-6-11(23-12)13(18)16-10-15(14(19)20)8-4-3-5-9-15/h6-7H,3-5,8-10H2,1-2H3,(H,16,18)(H,19,20). The van der Waals surface area contributed by atoms with Crippen LogP contribution in [0.1, 0.15) is 42.7 Å². The van der Waals surface area contributed by atoms with Gasteiger partial charge in [0.15, 0.2) is 5.76 Å². The molecule has 1 heterocycles. The van der Waals surface area contributed by atoms with Crippen molar-refractivity contribution < 1.29 is 27.5 Å². The van der Waals surface area contributed by atoms with E-state index in [0.717, 1.165) is 23.6 Å². The quantitative estimate of drug-likeness (QED) is 0.791. The first-order chi connectivity index (χ1) is 11.2. The van der Waals surface area contributed by atoms with Gasteiger partial charge in [0.2, 0.25) is 5.09 Å². The molecule has 0 saturated heterocycles. The van der Waals surface area contributed by atoms with Gasteiger partial charge >= 0.3 is 5.97 Å². The van der Waals surface area contributed by atoms with Crippen molar-refractivity contribution in [1.82, 2.24) is 9.62 Å². The van der Waals surface area contributed by atoms with E-state index in [0.29, 0.717) is 12.8 Å². The van der Waals surface area contributed by atoms with Crippen molar-refractivity contribution in [3.63, 3.8) is 0 Å². The number of furan rings is 1. The molecule has 1 amide bonds. The van der Waals surface area contributed by atoms with E-state index in [2.05, 4.69) is 5.32 Å². The van der Waals surface area contributed by atoms with Gasteiger partial charge in [-0.25, -0.2) is 12.7 Å². The molecule has 9 heteroatoms. The van der Waals surface area contributed by atoms with Gasteiger partial charge in [0.1, 0.15) is 0 Å². The highest BCUT2D eigenvalue weighted by Crippen LogP contribution is 2.36. The highest BCUT2D eigenvalue weighted by Gasteiger charge is 2.40. The molecule has 2 rings (SSSR count). The number of nitrogens with zero attached hydrogens (tertiary/aromatic N) is 1. The molecule has 0 bridgehead atoms. The van der Waals surface area contributed by atoms with Crippen LogP contribution in [0, 0.1) is 5.41 Å². The molecule has 0 atom stereocenters. The number of carbonyl (C=O) groups is 2. The fraction of sp³-hybridized carbons (Fsp3) is 0.600. The van der Waals surface area contributed by atoms with Gasteiger partial charge in [-0.15, -0.1) is 0 Å². The first kappa shape index (κ1) is 18.5. The van der Waals surface area contributed by atoms with Gasteiger partial charge in [-0.05, 0) is 25.0 Å². The third-order valence-corrected chi connectivity index (χ3v) is 6.08. The molecule has 0 aromatic carbocycles. The Morgan fingerprint density at radius 3 is 2.42 bits per heavy atom. The lowest BCUT2D eigenvalue weighted by Crippen LogP contribution is -2.44.